The van der Waals surface area contributed by atoms with Crippen molar-refractivity contribution < 1.29 is 13.3 Å². The molecule has 0 spiro atoms. The van der Waals surface area contributed by atoms with E-state index in [0.717, 1.165) is 19.3 Å². The number of nitrogens with zero attached hydrogens (tertiary/aromatic N) is 1. The predicted molar refractivity (Wildman–Crippen MR) is 146 cm³/mol. The van der Waals surface area contributed by atoms with Gasteiger partial charge in [0, 0.05) is 19.8 Å². The molecule has 0 aliphatic heterocycles. The van der Waals surface area contributed by atoms with E-state index in [4.69, 9.17) is 19.7 Å². The highest BCUT2D eigenvalue weighted by molar-refractivity contribution is 6.61. The van der Waals surface area contributed by atoms with Gasteiger partial charge in [0.25, 0.3) is 0 Å². The van der Waals surface area contributed by atoms with Crippen molar-refractivity contribution in [2.75, 3.05) is 40.5 Å². The Balaban J connectivity index is -0.000000511. The maximum atomic E-state index is 5.78. The topological polar surface area (TPSA) is 30.9 Å². The normalized spacial score (nSPS) is 10.9. The molecule has 0 saturated heterocycles. The fraction of sp³-hybridized carbons (Fsp3) is 0.923. The van der Waals surface area contributed by atoms with Gasteiger partial charge < -0.3 is 18.2 Å². The van der Waals surface area contributed by atoms with Crippen LogP contribution < -0.4 is 0 Å². The first-order valence-corrected chi connectivity index (χ1v) is 14.9. The summed E-state index contributed by atoms with van der Waals surface area (Å²) in [5, 5.41) is 0. The third-order valence-corrected chi connectivity index (χ3v) is 7.42. The molecule has 6 heteroatoms. The van der Waals surface area contributed by atoms with E-state index in [1.165, 1.54) is 70.8 Å². The van der Waals surface area contributed by atoms with E-state index in [-0.39, 0.29) is 12.4 Å². The number of halogens is 1. The second kappa shape index (κ2) is 28.9. The second-order valence-electron chi connectivity index (χ2n) is 8.59. The number of hydrogen-bond donors (Lipinski definition) is 0. The van der Waals surface area contributed by atoms with Crippen molar-refractivity contribution in [3.05, 3.63) is 0 Å². The quantitative estimate of drug-likeness (QED) is 0.0929. The summed E-state index contributed by atoms with van der Waals surface area (Å²) >= 11 is 0. The van der Waals surface area contributed by atoms with Gasteiger partial charge in [0.05, 0.1) is 6.04 Å². The Labute approximate surface area is 209 Å². The summed E-state index contributed by atoms with van der Waals surface area (Å²) in [6.07, 6.45) is 22.6. The number of rotatable bonds is 21. The SMILES string of the molecule is C#CC[Si](OCCC)(OCCC)OCCC.CCCCCCCCCCCCN(C)C.Cl. The largest absolute Gasteiger partial charge is 0.513 e. The lowest BCUT2D eigenvalue weighted by Crippen LogP contribution is -2.46. The smallest absolute Gasteiger partial charge is 0.373 e. The van der Waals surface area contributed by atoms with Crippen molar-refractivity contribution in [3.63, 3.8) is 0 Å². The molecule has 0 rings (SSSR count). The van der Waals surface area contributed by atoms with Gasteiger partial charge in [-0.15, -0.1) is 24.8 Å². The van der Waals surface area contributed by atoms with E-state index < -0.39 is 8.80 Å². The third kappa shape index (κ3) is 26.2. The van der Waals surface area contributed by atoms with Crippen LogP contribution in [0.3, 0.4) is 0 Å². The van der Waals surface area contributed by atoms with Gasteiger partial charge in [-0.3, -0.25) is 0 Å². The van der Waals surface area contributed by atoms with Crippen LogP contribution in [0.5, 0.6) is 0 Å². The Bertz CT molecular complexity index is 370. The average Bonchev–Trinajstić information content (AvgIpc) is 2.76. The molecule has 0 amide bonds. The van der Waals surface area contributed by atoms with Gasteiger partial charge >= 0.3 is 8.80 Å². The molecule has 32 heavy (non-hydrogen) atoms. The molecule has 194 valence electrons. The standard InChI is InChI=1S/C14H31N.C12H24O3Si.ClH/c1-4-5-6-7-8-9-10-11-12-13-14-15(2)3;1-5-9-13-16(12-8-4,14-10-6-2)15-11-7-3;/h4-14H2,1-3H3;4H,5-7,9-12H2,1-3H3;1H. The van der Waals surface area contributed by atoms with Crippen molar-refractivity contribution in [2.24, 2.45) is 0 Å². The number of hydrogen-bond acceptors (Lipinski definition) is 4. The molecule has 0 aromatic rings. The molecule has 0 unspecified atom stereocenters. The summed E-state index contributed by atoms with van der Waals surface area (Å²) in [5.74, 6) is 2.62. The van der Waals surface area contributed by atoms with Crippen LogP contribution >= 0.6 is 12.4 Å². The fourth-order valence-corrected chi connectivity index (χ4v) is 5.44. The minimum Gasteiger partial charge on any atom is -0.373 e. The Kier molecular flexibility index (Phi) is 33.0. The Hall–Kier alpha value is -0.0931. The highest BCUT2D eigenvalue weighted by Crippen LogP contribution is 2.16. The van der Waals surface area contributed by atoms with Crippen LogP contribution in [-0.4, -0.2) is 54.2 Å². The van der Waals surface area contributed by atoms with Gasteiger partial charge in [-0.25, -0.2) is 0 Å². The van der Waals surface area contributed by atoms with Crippen LogP contribution in [-0.2, 0) is 13.3 Å². The summed E-state index contributed by atoms with van der Waals surface area (Å²) in [4.78, 5) is 2.28. The molecule has 4 nitrogen and oxygen atoms in total. The van der Waals surface area contributed by atoms with E-state index in [1.54, 1.807) is 0 Å². The van der Waals surface area contributed by atoms with E-state index >= 15 is 0 Å². The second-order valence-corrected chi connectivity index (χ2v) is 11.2. The Morgan fingerprint density at radius 3 is 1.31 bits per heavy atom. The summed E-state index contributed by atoms with van der Waals surface area (Å²) in [6.45, 7) is 11.7. The van der Waals surface area contributed by atoms with Crippen LogP contribution in [0.25, 0.3) is 0 Å². The van der Waals surface area contributed by atoms with E-state index in [0.29, 0.717) is 25.9 Å². The molecule has 0 aliphatic rings. The monoisotopic (exact) mass is 493 g/mol. The number of terminal acetylenes is 1. The molecule has 0 saturated carbocycles. The maximum Gasteiger partial charge on any atom is 0.513 e. The Morgan fingerprint density at radius 2 is 1.00 bits per heavy atom. The van der Waals surface area contributed by atoms with Crippen LogP contribution in [0.4, 0.5) is 0 Å². The van der Waals surface area contributed by atoms with Gasteiger partial charge in [-0.2, -0.15) is 0 Å². The van der Waals surface area contributed by atoms with Crippen LogP contribution in [0.15, 0.2) is 0 Å². The lowest BCUT2D eigenvalue weighted by Gasteiger charge is -2.27. The van der Waals surface area contributed by atoms with Gasteiger partial charge in [-0.05, 0) is 46.3 Å². The lowest BCUT2D eigenvalue weighted by atomic mass is 10.1. The van der Waals surface area contributed by atoms with E-state index in [9.17, 15) is 0 Å². The summed E-state index contributed by atoms with van der Waals surface area (Å²) in [5.41, 5.74) is 0. The van der Waals surface area contributed by atoms with Crippen molar-refractivity contribution in [2.45, 2.75) is 117 Å². The molecule has 0 heterocycles. The van der Waals surface area contributed by atoms with E-state index in [1.807, 2.05) is 0 Å². The van der Waals surface area contributed by atoms with Crippen LogP contribution in [0, 0.1) is 12.3 Å². The molecular formula is C26H56ClNO3Si. The summed E-state index contributed by atoms with van der Waals surface area (Å²) in [7, 11) is 1.73. The predicted octanol–water partition coefficient (Wildman–Crippen LogP) is 7.73. The van der Waals surface area contributed by atoms with Gasteiger partial charge in [-0.1, -0.05) is 85.5 Å². The minimum absolute atomic E-state index is 0. The van der Waals surface area contributed by atoms with Crippen molar-refractivity contribution in [1.82, 2.24) is 4.90 Å². The maximum absolute atomic E-state index is 5.78. The highest BCUT2D eigenvalue weighted by atomic mass is 35.5. The molecular weight excluding hydrogens is 438 g/mol. The van der Waals surface area contributed by atoms with Crippen molar-refractivity contribution in [1.29, 1.82) is 0 Å². The first-order chi connectivity index (χ1) is 15.0. The van der Waals surface area contributed by atoms with E-state index in [2.05, 4.69) is 52.6 Å². The Morgan fingerprint density at radius 1 is 0.625 bits per heavy atom. The average molecular weight is 494 g/mol. The first kappa shape index (κ1) is 36.5. The van der Waals surface area contributed by atoms with Crippen LogP contribution in [0.1, 0.15) is 111 Å². The van der Waals surface area contributed by atoms with Gasteiger partial charge in [0.2, 0.25) is 0 Å². The van der Waals surface area contributed by atoms with Crippen LogP contribution in [0.2, 0.25) is 6.04 Å². The zero-order chi connectivity index (χ0) is 23.6. The van der Waals surface area contributed by atoms with Crippen molar-refractivity contribution >= 4 is 21.2 Å². The zero-order valence-corrected chi connectivity index (χ0v) is 24.2. The zero-order valence-electron chi connectivity index (χ0n) is 22.4. The molecule has 0 radical (unpaired) electrons. The molecule has 0 atom stereocenters. The lowest BCUT2D eigenvalue weighted by molar-refractivity contribution is 0.0625. The summed E-state index contributed by atoms with van der Waals surface area (Å²) < 4.78 is 17.3. The fourth-order valence-electron chi connectivity index (χ4n) is 3.09. The molecule has 0 aromatic heterocycles. The highest BCUT2D eigenvalue weighted by Gasteiger charge is 2.40. The summed E-state index contributed by atoms with van der Waals surface area (Å²) in [6, 6.07) is 0.465. The molecule has 0 fully saturated rings. The first-order valence-electron chi connectivity index (χ1n) is 13.0. The molecule has 0 aliphatic carbocycles. The molecule has 0 N–H and O–H groups in total. The minimum atomic E-state index is -2.59. The third-order valence-electron chi connectivity index (χ3n) is 4.86. The van der Waals surface area contributed by atoms with Gasteiger partial charge in [0.15, 0.2) is 0 Å². The molecule has 0 aromatic carbocycles. The van der Waals surface area contributed by atoms with Crippen molar-refractivity contribution in [3.8, 4) is 12.3 Å². The van der Waals surface area contributed by atoms with Gasteiger partial charge in [0.1, 0.15) is 0 Å². The number of unbranched alkanes of at least 4 members (excludes halogenated alkanes) is 9. The molecule has 0 bridgehead atoms.